The van der Waals surface area contributed by atoms with Crippen LogP contribution in [0.2, 0.25) is 0 Å². The minimum atomic E-state index is -6.31. The lowest BCUT2D eigenvalue weighted by molar-refractivity contribution is -0.342. The standard InChI is InChI=1S/C14H12O2.C13H10F8O2.C13H12O2.2C8H10O2/c1-9(15)11-3-5-14-8-12(10(2)16)4-6-13(14)7-11;1-7(22)8-2-4-9(5-3-8)23-6-11(16,17)13(20,21)12(18,19)10(14)15;1-9(14)10-3-4-12-8-13(15-2)6-5-11(12)7-10;1-9-7-3-5-8(10-2)6-4-7;1-9-7-5-3-4-6-8(7)10-2/h3-8H,1-2H3;2-5,10H,6H2,1H3;3-8H,1-2H3;2*3-6H,1-2H3. The predicted octanol–water partition coefficient (Wildman–Crippen LogP) is 14.1. The van der Waals surface area contributed by atoms with Crippen molar-refractivity contribution in [2.24, 2.45) is 0 Å². The molecule has 0 atom stereocenters. The van der Waals surface area contributed by atoms with E-state index in [1.54, 1.807) is 68.5 Å². The van der Waals surface area contributed by atoms with Crippen molar-refractivity contribution in [1.82, 2.24) is 0 Å². The van der Waals surface area contributed by atoms with Crippen molar-refractivity contribution in [1.29, 1.82) is 0 Å². The van der Waals surface area contributed by atoms with Gasteiger partial charge >= 0.3 is 24.2 Å². The van der Waals surface area contributed by atoms with E-state index in [2.05, 4.69) is 4.74 Å². The van der Waals surface area contributed by atoms with Gasteiger partial charge in [-0.25, -0.2) is 8.78 Å². The molecule has 0 aliphatic heterocycles. The van der Waals surface area contributed by atoms with Gasteiger partial charge in [0.25, 0.3) is 0 Å². The zero-order valence-corrected chi connectivity index (χ0v) is 41.7. The molecule has 0 aliphatic rings. The molecule has 74 heavy (non-hydrogen) atoms. The predicted molar refractivity (Wildman–Crippen MR) is 266 cm³/mol. The normalized spacial score (nSPS) is 10.9. The number of carbonyl (C=O) groups is 4. The first-order valence-corrected chi connectivity index (χ1v) is 22.0. The van der Waals surface area contributed by atoms with Gasteiger partial charge in [-0.1, -0.05) is 54.6 Å². The molecule has 0 radical (unpaired) electrons. The largest absolute Gasteiger partial charge is 0.497 e. The Morgan fingerprint density at radius 2 is 0.716 bits per heavy atom. The van der Waals surface area contributed by atoms with Gasteiger partial charge in [-0.05, 0) is 140 Å². The SMILES string of the molecule is CC(=O)c1ccc(OCC(F)(F)C(F)(F)C(F)(F)C(F)F)cc1.CC(=O)c1ccc2cc(C(C)=O)ccc2c1.COc1ccc(OC)cc1.COc1ccc2cc(C(C)=O)ccc2c1.COc1ccccc1OC. The third-order valence-electron chi connectivity index (χ3n) is 10.5. The minimum absolute atomic E-state index is 0.0533. The Kier molecular flexibility index (Phi) is 22.6. The molecule has 0 heterocycles. The third-order valence-corrected chi connectivity index (χ3v) is 10.5. The summed E-state index contributed by atoms with van der Waals surface area (Å²) in [5.74, 6) is -14.6. The summed E-state index contributed by atoms with van der Waals surface area (Å²) in [4.78, 5) is 44.6. The number of Topliss-reactive ketones (excluding diaryl/α,β-unsaturated/α-hetero) is 4. The Labute approximate surface area is 422 Å². The maximum Gasteiger partial charge on any atom is 0.381 e. The summed E-state index contributed by atoms with van der Waals surface area (Å²) in [5, 5.41) is 4.11. The van der Waals surface area contributed by atoms with Crippen molar-refractivity contribution in [2.75, 3.05) is 42.2 Å². The van der Waals surface area contributed by atoms with Crippen molar-refractivity contribution >= 4 is 44.7 Å². The Balaban J connectivity index is 0.000000252. The molecule has 7 aromatic carbocycles. The van der Waals surface area contributed by atoms with Crippen LogP contribution >= 0.6 is 0 Å². The molecular formula is C56H54F8O10. The van der Waals surface area contributed by atoms with Crippen LogP contribution in [-0.4, -0.2) is 89.5 Å². The van der Waals surface area contributed by atoms with E-state index in [4.69, 9.17) is 23.7 Å². The maximum atomic E-state index is 13.2. The number of carbonyl (C=O) groups excluding carboxylic acids is 4. The zero-order valence-electron chi connectivity index (χ0n) is 41.7. The van der Waals surface area contributed by atoms with Gasteiger partial charge in [-0.2, -0.15) is 26.3 Å². The van der Waals surface area contributed by atoms with Gasteiger partial charge in [-0.15, -0.1) is 0 Å². The number of fused-ring (bicyclic) bond motifs is 2. The van der Waals surface area contributed by atoms with E-state index in [1.165, 1.54) is 6.92 Å². The van der Waals surface area contributed by atoms with E-state index in [9.17, 15) is 54.3 Å². The lowest BCUT2D eigenvalue weighted by Gasteiger charge is -2.31. The topological polar surface area (TPSA) is 124 Å². The van der Waals surface area contributed by atoms with Crippen LogP contribution in [0, 0.1) is 0 Å². The van der Waals surface area contributed by atoms with Crippen molar-refractivity contribution < 1.29 is 82.7 Å². The number of rotatable bonds is 15. The van der Waals surface area contributed by atoms with Gasteiger partial charge in [0.1, 0.15) is 23.0 Å². The minimum Gasteiger partial charge on any atom is -0.497 e. The fraction of sp³-hybridized carbons (Fsp3) is 0.250. The number of halogens is 8. The molecule has 0 unspecified atom stereocenters. The second-order valence-electron chi connectivity index (χ2n) is 15.7. The van der Waals surface area contributed by atoms with Crippen LogP contribution in [0.3, 0.4) is 0 Å². The molecule has 394 valence electrons. The first kappa shape index (κ1) is 60.3. The van der Waals surface area contributed by atoms with E-state index in [-0.39, 0.29) is 28.7 Å². The quantitative estimate of drug-likeness (QED) is 0.0724. The summed E-state index contributed by atoms with van der Waals surface area (Å²) >= 11 is 0. The molecule has 7 rings (SSSR count). The number of methoxy groups -OCH3 is 5. The number of ether oxygens (including phenoxy) is 6. The average molecular weight is 1040 g/mol. The summed E-state index contributed by atoms with van der Waals surface area (Å²) in [5.41, 5.74) is 2.30. The van der Waals surface area contributed by atoms with Gasteiger partial charge in [0, 0.05) is 22.3 Å². The molecule has 0 bridgehead atoms. The van der Waals surface area contributed by atoms with Gasteiger partial charge in [0.2, 0.25) is 0 Å². The number of hydrogen-bond donors (Lipinski definition) is 0. The average Bonchev–Trinajstić information content (AvgIpc) is 3.40. The van der Waals surface area contributed by atoms with Crippen LogP contribution < -0.4 is 28.4 Å². The van der Waals surface area contributed by atoms with Crippen LogP contribution in [-0.2, 0) is 0 Å². The van der Waals surface area contributed by atoms with Gasteiger partial charge in [-0.3, -0.25) is 19.2 Å². The highest BCUT2D eigenvalue weighted by molar-refractivity contribution is 6.02. The second-order valence-corrected chi connectivity index (χ2v) is 15.7. The van der Waals surface area contributed by atoms with Crippen LogP contribution in [0.15, 0.2) is 146 Å². The molecule has 0 aliphatic carbocycles. The van der Waals surface area contributed by atoms with E-state index >= 15 is 0 Å². The van der Waals surface area contributed by atoms with Crippen molar-refractivity contribution in [3.63, 3.8) is 0 Å². The summed E-state index contributed by atoms with van der Waals surface area (Å²) < 4.78 is 131. The molecule has 0 fully saturated rings. The van der Waals surface area contributed by atoms with Crippen LogP contribution in [0.1, 0.15) is 69.1 Å². The number of hydrogen-bond acceptors (Lipinski definition) is 10. The molecule has 0 N–H and O–H groups in total. The van der Waals surface area contributed by atoms with E-state index < -0.39 is 36.5 Å². The Hall–Kier alpha value is -8.02. The summed E-state index contributed by atoms with van der Waals surface area (Å²) in [6, 6.07) is 41.7. The summed E-state index contributed by atoms with van der Waals surface area (Å²) in [6.07, 6.45) is -4.97. The molecular weight excluding hydrogens is 985 g/mol. The van der Waals surface area contributed by atoms with Crippen molar-refractivity contribution in [3.8, 4) is 34.5 Å². The van der Waals surface area contributed by atoms with Gasteiger partial charge in [0.05, 0.1) is 35.5 Å². The van der Waals surface area contributed by atoms with Crippen LogP contribution in [0.25, 0.3) is 21.5 Å². The molecule has 7 aromatic rings. The molecule has 0 saturated carbocycles. The molecule has 18 heteroatoms. The van der Waals surface area contributed by atoms with Crippen molar-refractivity contribution in [2.45, 2.75) is 51.9 Å². The molecule has 0 saturated heterocycles. The third kappa shape index (κ3) is 16.8. The highest BCUT2D eigenvalue weighted by Gasteiger charge is 2.75. The number of alkyl halides is 8. The second kappa shape index (κ2) is 27.7. The monoisotopic (exact) mass is 1040 g/mol. The van der Waals surface area contributed by atoms with Crippen LogP contribution in [0.4, 0.5) is 35.1 Å². The molecule has 0 amide bonds. The van der Waals surface area contributed by atoms with Crippen LogP contribution in [0.5, 0.6) is 34.5 Å². The van der Waals surface area contributed by atoms with E-state index in [0.29, 0.717) is 11.1 Å². The first-order valence-electron chi connectivity index (χ1n) is 22.0. The zero-order chi connectivity index (χ0) is 55.4. The summed E-state index contributed by atoms with van der Waals surface area (Å²) in [7, 11) is 8.17. The molecule has 0 spiro atoms. The fourth-order valence-electron chi connectivity index (χ4n) is 6.18. The smallest absolute Gasteiger partial charge is 0.381 e. The Morgan fingerprint density at radius 3 is 1.04 bits per heavy atom. The lowest BCUT2D eigenvalue weighted by Crippen LogP contribution is -2.59. The van der Waals surface area contributed by atoms with Crippen molar-refractivity contribution in [3.05, 3.63) is 168 Å². The number of ketones is 4. The van der Waals surface area contributed by atoms with Gasteiger partial charge in [0.15, 0.2) is 41.2 Å². The Morgan fingerprint density at radius 1 is 0.405 bits per heavy atom. The maximum absolute atomic E-state index is 13.2. The Bertz CT molecular complexity index is 2860. The van der Waals surface area contributed by atoms with E-state index in [1.807, 2.05) is 109 Å². The highest BCUT2D eigenvalue weighted by Crippen LogP contribution is 2.48. The van der Waals surface area contributed by atoms with E-state index in [0.717, 1.165) is 80.1 Å². The first-order chi connectivity index (χ1) is 34.8. The summed E-state index contributed by atoms with van der Waals surface area (Å²) in [6.45, 7) is 3.62. The number of benzene rings is 7. The molecule has 10 nitrogen and oxygen atoms in total. The highest BCUT2D eigenvalue weighted by atomic mass is 19.4. The number of para-hydroxylation sites is 2. The fourth-order valence-corrected chi connectivity index (χ4v) is 6.18. The molecule has 0 aromatic heterocycles. The lowest BCUT2D eigenvalue weighted by atomic mass is 10.0. The van der Waals surface area contributed by atoms with Gasteiger partial charge < -0.3 is 28.4 Å².